The van der Waals surface area contributed by atoms with Gasteiger partial charge >= 0.3 is 5.97 Å². The average Bonchev–Trinajstić information content (AvgIpc) is 2.81. The number of esters is 1. The molecule has 2 aromatic carbocycles. The molecule has 1 aliphatic heterocycles. The highest BCUT2D eigenvalue weighted by atomic mass is 32.2. The lowest BCUT2D eigenvalue weighted by Gasteiger charge is -2.35. The number of fused-ring (bicyclic) bond motifs is 1. The number of carbonyl (C=O) groups excluding carboxylic acids is 1. The van der Waals surface area contributed by atoms with Gasteiger partial charge in [-0.2, -0.15) is 4.31 Å². The van der Waals surface area contributed by atoms with Crippen molar-refractivity contribution >= 4 is 16.0 Å². The van der Waals surface area contributed by atoms with Crippen LogP contribution in [0.25, 0.3) is 0 Å². The zero-order valence-electron chi connectivity index (χ0n) is 18.0. The first-order chi connectivity index (χ1) is 15.5. The molecule has 0 radical (unpaired) electrons. The minimum Gasteiger partial charge on any atom is -0.465 e. The Kier molecular flexibility index (Phi) is 6.89. The molecule has 0 spiro atoms. The first kappa shape index (κ1) is 22.5. The van der Waals surface area contributed by atoms with E-state index in [4.69, 9.17) is 9.47 Å². The number of sulfonamides is 1. The SMILES string of the molecule is COC(=O)c1ccccc1S(=O)(=O)N1Cc2ccccc2COCC1CC1C=CC=CC1. The molecular formula is C25H27NO5S. The Morgan fingerprint density at radius 1 is 1.09 bits per heavy atom. The smallest absolute Gasteiger partial charge is 0.339 e. The number of carbonyl (C=O) groups is 1. The predicted octanol–water partition coefficient (Wildman–Crippen LogP) is 4.09. The molecule has 0 bridgehead atoms. The van der Waals surface area contributed by atoms with Gasteiger partial charge in [-0.25, -0.2) is 13.2 Å². The van der Waals surface area contributed by atoms with Crippen LogP contribution in [0, 0.1) is 5.92 Å². The molecule has 4 rings (SSSR count). The summed E-state index contributed by atoms with van der Waals surface area (Å²) >= 11 is 0. The summed E-state index contributed by atoms with van der Waals surface area (Å²) in [6.45, 7) is 0.941. The molecule has 7 heteroatoms. The summed E-state index contributed by atoms with van der Waals surface area (Å²) in [5.74, 6) is -0.457. The second kappa shape index (κ2) is 9.81. The molecule has 0 saturated heterocycles. The van der Waals surface area contributed by atoms with Gasteiger partial charge in [0.2, 0.25) is 10.0 Å². The first-order valence-corrected chi connectivity index (χ1v) is 12.1. The fourth-order valence-electron chi connectivity index (χ4n) is 4.26. The lowest BCUT2D eigenvalue weighted by atomic mass is 9.93. The zero-order chi connectivity index (χ0) is 22.6. The van der Waals surface area contributed by atoms with Crippen LogP contribution in [-0.2, 0) is 32.6 Å². The van der Waals surface area contributed by atoms with Crippen molar-refractivity contribution in [1.29, 1.82) is 0 Å². The van der Waals surface area contributed by atoms with Crippen molar-refractivity contribution in [2.24, 2.45) is 5.92 Å². The minimum atomic E-state index is -4.02. The summed E-state index contributed by atoms with van der Waals surface area (Å²) < 4.78 is 40.3. The molecule has 2 aromatic rings. The van der Waals surface area contributed by atoms with E-state index in [9.17, 15) is 13.2 Å². The van der Waals surface area contributed by atoms with E-state index in [-0.39, 0.29) is 35.6 Å². The largest absolute Gasteiger partial charge is 0.465 e. The van der Waals surface area contributed by atoms with Crippen LogP contribution in [0.5, 0.6) is 0 Å². The van der Waals surface area contributed by atoms with Crippen LogP contribution < -0.4 is 0 Å². The van der Waals surface area contributed by atoms with Gasteiger partial charge in [0.1, 0.15) is 0 Å². The third-order valence-corrected chi connectivity index (χ3v) is 7.90. The van der Waals surface area contributed by atoms with E-state index in [1.807, 2.05) is 36.4 Å². The molecule has 0 fully saturated rings. The highest BCUT2D eigenvalue weighted by Gasteiger charge is 2.36. The van der Waals surface area contributed by atoms with Gasteiger partial charge < -0.3 is 9.47 Å². The van der Waals surface area contributed by atoms with Gasteiger partial charge in [0.25, 0.3) is 0 Å². The maximum atomic E-state index is 14.0. The molecule has 2 atom stereocenters. The number of methoxy groups -OCH3 is 1. The average molecular weight is 454 g/mol. The molecule has 0 saturated carbocycles. The van der Waals surface area contributed by atoms with E-state index in [1.165, 1.54) is 23.5 Å². The van der Waals surface area contributed by atoms with Crippen molar-refractivity contribution in [3.8, 4) is 0 Å². The van der Waals surface area contributed by atoms with Gasteiger partial charge in [-0.3, -0.25) is 0 Å². The maximum absolute atomic E-state index is 14.0. The van der Waals surface area contributed by atoms with Crippen LogP contribution in [-0.4, -0.2) is 38.5 Å². The molecule has 1 aliphatic carbocycles. The lowest BCUT2D eigenvalue weighted by molar-refractivity contribution is 0.0587. The first-order valence-electron chi connectivity index (χ1n) is 10.7. The van der Waals surface area contributed by atoms with Crippen molar-refractivity contribution in [2.75, 3.05) is 13.7 Å². The zero-order valence-corrected chi connectivity index (χ0v) is 18.8. The quantitative estimate of drug-likeness (QED) is 0.638. The third kappa shape index (κ3) is 4.70. The number of nitrogens with zero attached hydrogens (tertiary/aromatic N) is 1. The van der Waals surface area contributed by atoms with Gasteiger partial charge in [0, 0.05) is 12.6 Å². The summed E-state index contributed by atoms with van der Waals surface area (Å²) in [7, 11) is -2.77. The molecule has 0 aromatic heterocycles. The van der Waals surface area contributed by atoms with E-state index < -0.39 is 16.0 Å². The second-order valence-electron chi connectivity index (χ2n) is 8.02. The van der Waals surface area contributed by atoms with E-state index >= 15 is 0 Å². The van der Waals surface area contributed by atoms with Gasteiger partial charge in [-0.15, -0.1) is 0 Å². The van der Waals surface area contributed by atoms with Crippen molar-refractivity contribution in [3.05, 3.63) is 89.5 Å². The summed E-state index contributed by atoms with van der Waals surface area (Å²) in [6, 6.07) is 13.5. The Morgan fingerprint density at radius 2 is 1.84 bits per heavy atom. The van der Waals surface area contributed by atoms with Crippen LogP contribution >= 0.6 is 0 Å². The van der Waals surface area contributed by atoms with Crippen molar-refractivity contribution in [2.45, 2.75) is 36.9 Å². The molecule has 32 heavy (non-hydrogen) atoms. The van der Waals surface area contributed by atoms with E-state index in [2.05, 4.69) is 12.2 Å². The summed E-state index contributed by atoms with van der Waals surface area (Å²) in [4.78, 5) is 12.3. The molecule has 168 valence electrons. The maximum Gasteiger partial charge on any atom is 0.339 e. The highest BCUT2D eigenvalue weighted by molar-refractivity contribution is 7.89. The van der Waals surface area contributed by atoms with Gasteiger partial charge in [0.05, 0.1) is 30.8 Å². The van der Waals surface area contributed by atoms with E-state index in [0.717, 1.165) is 17.5 Å². The number of rotatable bonds is 5. The second-order valence-corrected chi connectivity index (χ2v) is 9.88. The number of allylic oxidation sites excluding steroid dienone is 4. The van der Waals surface area contributed by atoms with E-state index in [0.29, 0.717) is 13.0 Å². The molecule has 0 amide bonds. The summed E-state index contributed by atoms with van der Waals surface area (Å²) in [5.41, 5.74) is 1.90. The molecule has 2 unspecified atom stereocenters. The number of ether oxygens (including phenoxy) is 2. The molecule has 1 heterocycles. The monoisotopic (exact) mass is 453 g/mol. The van der Waals surface area contributed by atoms with Gasteiger partial charge in [0.15, 0.2) is 0 Å². The molecule has 0 N–H and O–H groups in total. The number of hydrogen-bond donors (Lipinski definition) is 0. The highest BCUT2D eigenvalue weighted by Crippen LogP contribution is 2.31. The van der Waals surface area contributed by atoms with Crippen molar-refractivity contribution < 1.29 is 22.7 Å². The molecular weight excluding hydrogens is 426 g/mol. The number of benzene rings is 2. The van der Waals surface area contributed by atoms with E-state index in [1.54, 1.807) is 12.1 Å². The van der Waals surface area contributed by atoms with Crippen molar-refractivity contribution in [3.63, 3.8) is 0 Å². The van der Waals surface area contributed by atoms with Crippen LogP contribution in [0.15, 0.2) is 77.7 Å². The number of hydrogen-bond acceptors (Lipinski definition) is 5. The summed E-state index contributed by atoms with van der Waals surface area (Å²) in [5, 5.41) is 0. The van der Waals surface area contributed by atoms with Gasteiger partial charge in [-0.1, -0.05) is 60.7 Å². The minimum absolute atomic E-state index is 0.0329. The van der Waals surface area contributed by atoms with Gasteiger partial charge in [-0.05, 0) is 42.0 Å². The molecule has 6 nitrogen and oxygen atoms in total. The predicted molar refractivity (Wildman–Crippen MR) is 121 cm³/mol. The topological polar surface area (TPSA) is 72.9 Å². The third-order valence-electron chi connectivity index (χ3n) is 5.94. The van der Waals surface area contributed by atoms with Crippen molar-refractivity contribution in [1.82, 2.24) is 4.31 Å². The molecule has 2 aliphatic rings. The standard InChI is InChI=1S/C25H27NO5S/c1-30-25(27)23-13-7-8-14-24(23)32(28,29)26-16-20-11-5-6-12-21(20)17-31-18-22(26)15-19-9-3-2-4-10-19/h2-9,11-14,19,22H,10,15-18H2,1H3. The lowest BCUT2D eigenvalue weighted by Crippen LogP contribution is -2.45. The fraction of sp³-hybridized carbons (Fsp3) is 0.320. The fourth-order valence-corrected chi connectivity index (χ4v) is 6.04. The van der Waals surface area contributed by atoms with Crippen LogP contribution in [0.4, 0.5) is 0 Å². The van der Waals surface area contributed by atoms with Crippen LogP contribution in [0.1, 0.15) is 34.3 Å². The Balaban J connectivity index is 1.77. The summed E-state index contributed by atoms with van der Waals surface area (Å²) in [6.07, 6.45) is 9.69. The Labute approximate surface area is 189 Å². The van der Waals surface area contributed by atoms with Crippen LogP contribution in [0.2, 0.25) is 0 Å². The Hall–Kier alpha value is -2.74. The normalized spacial score (nSPS) is 21.4. The Bertz CT molecular complexity index is 1140. The Morgan fingerprint density at radius 3 is 2.59 bits per heavy atom. The van der Waals surface area contributed by atoms with Crippen LogP contribution in [0.3, 0.4) is 0 Å².